The van der Waals surface area contributed by atoms with Gasteiger partial charge in [0.2, 0.25) is 5.28 Å². The van der Waals surface area contributed by atoms with E-state index in [-0.39, 0.29) is 0 Å². The molecule has 1 fully saturated rings. The molecule has 0 saturated heterocycles. The Labute approximate surface area is 183 Å². The highest BCUT2D eigenvalue weighted by Crippen LogP contribution is 2.38. The Balaban J connectivity index is 1.27. The molecule has 1 aliphatic carbocycles. The van der Waals surface area contributed by atoms with Crippen LogP contribution in [0.25, 0.3) is 21.9 Å². The molecule has 4 nitrogen and oxygen atoms in total. The average molecular weight is 446 g/mol. The summed E-state index contributed by atoms with van der Waals surface area (Å²) in [6.07, 6.45) is 9.68. The molecule has 3 aromatic heterocycles. The molecule has 2 unspecified atom stereocenters. The zero-order valence-corrected chi connectivity index (χ0v) is 17.9. The number of rotatable bonds is 4. The van der Waals surface area contributed by atoms with E-state index in [0.29, 0.717) is 27.4 Å². The molecule has 5 rings (SSSR count). The van der Waals surface area contributed by atoms with Gasteiger partial charge in [0.15, 0.2) is 0 Å². The molecule has 4 aromatic rings. The van der Waals surface area contributed by atoms with Gasteiger partial charge in [-0.1, -0.05) is 35.3 Å². The summed E-state index contributed by atoms with van der Waals surface area (Å²) in [6.45, 7) is 0. The van der Waals surface area contributed by atoms with Crippen LogP contribution in [-0.4, -0.2) is 19.5 Å². The third-order valence-corrected chi connectivity index (χ3v) is 6.82. The van der Waals surface area contributed by atoms with Gasteiger partial charge in [-0.15, -0.1) is 0 Å². The average Bonchev–Trinajstić information content (AvgIpc) is 3.33. The predicted octanol–water partition coefficient (Wildman–Crippen LogP) is 6.91. The van der Waals surface area contributed by atoms with Gasteiger partial charge < -0.3 is 4.57 Å². The molecule has 29 heavy (non-hydrogen) atoms. The van der Waals surface area contributed by atoms with Crippen molar-refractivity contribution in [2.24, 2.45) is 5.92 Å². The summed E-state index contributed by atoms with van der Waals surface area (Å²) in [4.78, 5) is 12.9. The maximum atomic E-state index is 6.07. The van der Waals surface area contributed by atoms with Crippen molar-refractivity contribution in [3.05, 3.63) is 63.7 Å². The summed E-state index contributed by atoms with van der Waals surface area (Å²) in [7, 11) is 0. The standard InChI is InChI=1S/C22H19Cl3N4/c23-18-11-15-5-3-14(10-19(15)27-20(18)24)2-1-13-4-6-17(9-13)29-8-7-16-12-26-22(25)28-21(16)29/h3,5,7-8,10-13,17H,1-2,4,6,9H2. The lowest BCUT2D eigenvalue weighted by Gasteiger charge is -2.14. The normalized spacial score (nSPS) is 19.4. The van der Waals surface area contributed by atoms with E-state index in [4.69, 9.17) is 34.8 Å². The molecule has 0 amide bonds. The number of hydrogen-bond donors (Lipinski definition) is 0. The van der Waals surface area contributed by atoms with Crippen molar-refractivity contribution in [2.45, 2.75) is 38.1 Å². The minimum atomic E-state index is 0.304. The molecule has 148 valence electrons. The van der Waals surface area contributed by atoms with E-state index >= 15 is 0 Å². The molecule has 0 radical (unpaired) electrons. The number of nitrogens with zero attached hydrogens (tertiary/aromatic N) is 4. The number of halogens is 3. The van der Waals surface area contributed by atoms with Crippen LogP contribution in [0.4, 0.5) is 0 Å². The van der Waals surface area contributed by atoms with Crippen molar-refractivity contribution in [1.29, 1.82) is 0 Å². The van der Waals surface area contributed by atoms with Crippen molar-refractivity contribution in [3.8, 4) is 0 Å². The first-order valence-electron chi connectivity index (χ1n) is 9.80. The van der Waals surface area contributed by atoms with E-state index in [1.54, 1.807) is 6.20 Å². The van der Waals surface area contributed by atoms with Gasteiger partial charge in [0.25, 0.3) is 0 Å². The second-order valence-electron chi connectivity index (χ2n) is 7.80. The van der Waals surface area contributed by atoms with Gasteiger partial charge in [0.05, 0.1) is 10.5 Å². The smallest absolute Gasteiger partial charge is 0.224 e. The number of fused-ring (bicyclic) bond motifs is 2. The van der Waals surface area contributed by atoms with Crippen molar-refractivity contribution in [3.63, 3.8) is 0 Å². The van der Waals surface area contributed by atoms with Crippen LogP contribution in [0, 0.1) is 5.92 Å². The lowest BCUT2D eigenvalue weighted by Crippen LogP contribution is -2.06. The highest BCUT2D eigenvalue weighted by atomic mass is 35.5. The number of hydrogen-bond acceptors (Lipinski definition) is 3. The molecule has 7 heteroatoms. The number of aryl methyl sites for hydroxylation is 1. The molecule has 0 spiro atoms. The van der Waals surface area contributed by atoms with Crippen LogP contribution >= 0.6 is 34.8 Å². The molecule has 1 saturated carbocycles. The maximum absolute atomic E-state index is 6.07. The predicted molar refractivity (Wildman–Crippen MR) is 119 cm³/mol. The van der Waals surface area contributed by atoms with Crippen LogP contribution in [0.5, 0.6) is 0 Å². The van der Waals surface area contributed by atoms with Crippen molar-refractivity contribution in [1.82, 2.24) is 19.5 Å². The summed E-state index contributed by atoms with van der Waals surface area (Å²) in [5, 5.41) is 3.22. The van der Waals surface area contributed by atoms with Gasteiger partial charge in [-0.3, -0.25) is 0 Å². The molecule has 1 aliphatic rings. The fourth-order valence-electron chi connectivity index (χ4n) is 4.46. The fraction of sp³-hybridized carbons (Fsp3) is 0.318. The highest BCUT2D eigenvalue weighted by Gasteiger charge is 2.26. The fourth-order valence-corrected chi connectivity index (χ4v) is 4.90. The second kappa shape index (κ2) is 7.75. The summed E-state index contributed by atoms with van der Waals surface area (Å²) >= 11 is 18.1. The Morgan fingerprint density at radius 1 is 1.00 bits per heavy atom. The molecule has 0 aliphatic heterocycles. The van der Waals surface area contributed by atoms with Crippen molar-refractivity contribution < 1.29 is 0 Å². The van der Waals surface area contributed by atoms with E-state index in [1.807, 2.05) is 6.07 Å². The summed E-state index contributed by atoms with van der Waals surface area (Å²) in [5.41, 5.74) is 3.13. The minimum absolute atomic E-state index is 0.304. The van der Waals surface area contributed by atoms with E-state index in [1.165, 1.54) is 24.8 Å². The Kier molecular flexibility index (Phi) is 5.10. The van der Waals surface area contributed by atoms with E-state index in [9.17, 15) is 0 Å². The third kappa shape index (κ3) is 3.81. The largest absolute Gasteiger partial charge is 0.329 e. The van der Waals surface area contributed by atoms with Crippen LogP contribution in [0.15, 0.2) is 42.7 Å². The Morgan fingerprint density at radius 3 is 2.79 bits per heavy atom. The summed E-state index contributed by atoms with van der Waals surface area (Å²) < 4.78 is 2.27. The minimum Gasteiger partial charge on any atom is -0.329 e. The quantitative estimate of drug-likeness (QED) is 0.253. The first-order valence-corrected chi connectivity index (χ1v) is 10.9. The molecule has 3 heterocycles. The zero-order chi connectivity index (χ0) is 20.0. The van der Waals surface area contributed by atoms with Gasteiger partial charge in [-0.2, -0.15) is 4.98 Å². The summed E-state index contributed by atoms with van der Waals surface area (Å²) in [5.74, 6) is 0.701. The lowest BCUT2D eigenvalue weighted by molar-refractivity contribution is 0.461. The van der Waals surface area contributed by atoms with Gasteiger partial charge in [-0.25, -0.2) is 9.97 Å². The van der Waals surface area contributed by atoms with Gasteiger partial charge >= 0.3 is 0 Å². The lowest BCUT2D eigenvalue weighted by atomic mass is 9.97. The van der Waals surface area contributed by atoms with Crippen molar-refractivity contribution in [2.75, 3.05) is 0 Å². The van der Waals surface area contributed by atoms with Crippen LogP contribution in [0.3, 0.4) is 0 Å². The Morgan fingerprint density at radius 2 is 1.90 bits per heavy atom. The van der Waals surface area contributed by atoms with Gasteiger partial charge in [-0.05, 0) is 73.4 Å². The summed E-state index contributed by atoms with van der Waals surface area (Å²) in [6, 6.07) is 10.8. The zero-order valence-electron chi connectivity index (χ0n) is 15.7. The van der Waals surface area contributed by atoms with E-state index in [2.05, 4.69) is 50.0 Å². The second-order valence-corrected chi connectivity index (χ2v) is 8.90. The maximum Gasteiger partial charge on any atom is 0.224 e. The molecular weight excluding hydrogens is 427 g/mol. The topological polar surface area (TPSA) is 43.6 Å². The van der Waals surface area contributed by atoms with Crippen LogP contribution in [0.1, 0.15) is 37.3 Å². The first kappa shape index (κ1) is 19.1. The molecule has 1 aromatic carbocycles. The van der Waals surface area contributed by atoms with Crippen molar-refractivity contribution >= 4 is 56.7 Å². The molecule has 0 bridgehead atoms. The molecule has 2 atom stereocenters. The Hall–Kier alpha value is -1.88. The number of pyridine rings is 1. The van der Waals surface area contributed by atoms with E-state index in [0.717, 1.165) is 34.8 Å². The molecular formula is C22H19Cl3N4. The van der Waals surface area contributed by atoms with Crippen LogP contribution in [-0.2, 0) is 6.42 Å². The van der Waals surface area contributed by atoms with Crippen LogP contribution in [0.2, 0.25) is 15.5 Å². The SMILES string of the molecule is Clc1ncc2ccn(C3CCC(CCc4ccc5cc(Cl)c(Cl)nc5c4)C3)c2n1. The van der Waals surface area contributed by atoms with Crippen LogP contribution < -0.4 is 0 Å². The number of benzene rings is 1. The van der Waals surface area contributed by atoms with Gasteiger partial charge in [0.1, 0.15) is 10.8 Å². The first-order chi connectivity index (χ1) is 14.1. The van der Waals surface area contributed by atoms with E-state index < -0.39 is 0 Å². The highest BCUT2D eigenvalue weighted by molar-refractivity contribution is 6.41. The molecule has 0 N–H and O–H groups in total. The third-order valence-electron chi connectivity index (χ3n) is 5.97. The Bertz CT molecular complexity index is 1200. The monoisotopic (exact) mass is 444 g/mol. The number of aromatic nitrogens is 4. The van der Waals surface area contributed by atoms with Gasteiger partial charge in [0, 0.05) is 29.2 Å².